The first kappa shape index (κ1) is 15.8. The molecule has 2 rings (SSSR count). The quantitative estimate of drug-likeness (QED) is 0.748. The van der Waals surface area contributed by atoms with Gasteiger partial charge in [-0.3, -0.25) is 0 Å². The van der Waals surface area contributed by atoms with Gasteiger partial charge in [-0.05, 0) is 58.5 Å². The van der Waals surface area contributed by atoms with Gasteiger partial charge in [-0.2, -0.15) is 0 Å². The minimum atomic E-state index is 0.609. The van der Waals surface area contributed by atoms with E-state index in [4.69, 9.17) is 14.2 Å². The lowest BCUT2D eigenvalue weighted by Gasteiger charge is -2.15. The Hall–Kier alpha value is -1.63. The van der Waals surface area contributed by atoms with Gasteiger partial charge in [0.2, 0.25) is 5.75 Å². The maximum atomic E-state index is 5.36. The van der Waals surface area contributed by atoms with Crippen molar-refractivity contribution < 1.29 is 14.2 Å². The number of methoxy groups -OCH3 is 3. The molecule has 0 saturated carbocycles. The van der Waals surface area contributed by atoms with Crippen molar-refractivity contribution in [3.8, 4) is 17.2 Å². The SMILES string of the molecule is COc1cc(CNc2cccc(I)c2)cc(OC)c1OC. The lowest BCUT2D eigenvalue weighted by molar-refractivity contribution is 0.324. The second kappa shape index (κ2) is 7.40. The monoisotopic (exact) mass is 399 g/mol. The van der Waals surface area contributed by atoms with Crippen molar-refractivity contribution >= 4 is 28.3 Å². The molecule has 0 aromatic heterocycles. The first-order chi connectivity index (χ1) is 10.2. The first-order valence-electron chi connectivity index (χ1n) is 6.46. The molecule has 0 atom stereocenters. The summed E-state index contributed by atoms with van der Waals surface area (Å²) in [5.74, 6) is 1.94. The molecule has 1 N–H and O–H groups in total. The van der Waals surface area contributed by atoms with E-state index >= 15 is 0 Å². The molecule has 2 aromatic carbocycles. The summed E-state index contributed by atoms with van der Waals surface area (Å²) in [6.45, 7) is 0.677. The van der Waals surface area contributed by atoms with Crippen LogP contribution < -0.4 is 19.5 Å². The van der Waals surface area contributed by atoms with Crippen LogP contribution in [0.4, 0.5) is 5.69 Å². The largest absolute Gasteiger partial charge is 0.493 e. The number of rotatable bonds is 6. The molecule has 0 saturated heterocycles. The van der Waals surface area contributed by atoms with Gasteiger partial charge in [-0.25, -0.2) is 0 Å². The smallest absolute Gasteiger partial charge is 0.203 e. The molecule has 21 heavy (non-hydrogen) atoms. The van der Waals surface area contributed by atoms with Gasteiger partial charge in [0.15, 0.2) is 11.5 Å². The standard InChI is InChI=1S/C16H18INO3/c1-19-14-7-11(8-15(20-2)16(14)21-3)10-18-13-6-4-5-12(17)9-13/h4-9,18H,10H2,1-3H3. The molecule has 0 aliphatic rings. The van der Waals surface area contributed by atoms with E-state index in [1.807, 2.05) is 24.3 Å². The van der Waals surface area contributed by atoms with Gasteiger partial charge in [0.05, 0.1) is 21.3 Å². The van der Waals surface area contributed by atoms with Gasteiger partial charge in [-0.1, -0.05) is 6.07 Å². The van der Waals surface area contributed by atoms with Gasteiger partial charge < -0.3 is 19.5 Å². The number of hydrogen-bond donors (Lipinski definition) is 1. The molecule has 5 heteroatoms. The molecule has 0 heterocycles. The van der Waals surface area contributed by atoms with E-state index in [9.17, 15) is 0 Å². The highest BCUT2D eigenvalue weighted by Crippen LogP contribution is 2.38. The van der Waals surface area contributed by atoms with E-state index in [2.05, 4.69) is 40.0 Å². The number of nitrogens with one attached hydrogen (secondary N) is 1. The van der Waals surface area contributed by atoms with Crippen molar-refractivity contribution in [2.75, 3.05) is 26.6 Å². The van der Waals surface area contributed by atoms with Crippen LogP contribution in [0.5, 0.6) is 17.2 Å². The molecule has 0 bridgehead atoms. The molecule has 0 aliphatic heterocycles. The maximum absolute atomic E-state index is 5.36. The van der Waals surface area contributed by atoms with Gasteiger partial charge in [0, 0.05) is 15.8 Å². The highest BCUT2D eigenvalue weighted by Gasteiger charge is 2.12. The third kappa shape index (κ3) is 3.93. The molecular weight excluding hydrogens is 381 g/mol. The number of anilines is 1. The minimum Gasteiger partial charge on any atom is -0.493 e. The summed E-state index contributed by atoms with van der Waals surface area (Å²) in [6, 6.07) is 12.1. The molecule has 112 valence electrons. The van der Waals surface area contributed by atoms with Crippen LogP contribution in [0.15, 0.2) is 36.4 Å². The summed E-state index contributed by atoms with van der Waals surface area (Å²) in [7, 11) is 4.84. The first-order valence-corrected chi connectivity index (χ1v) is 7.54. The van der Waals surface area contributed by atoms with Crippen LogP contribution in [0.25, 0.3) is 0 Å². The van der Waals surface area contributed by atoms with Crippen molar-refractivity contribution in [1.29, 1.82) is 0 Å². The topological polar surface area (TPSA) is 39.7 Å². The van der Waals surface area contributed by atoms with Gasteiger partial charge in [0.25, 0.3) is 0 Å². The Morgan fingerprint density at radius 1 is 0.952 bits per heavy atom. The third-order valence-corrected chi connectivity index (χ3v) is 3.72. The van der Waals surface area contributed by atoms with Crippen LogP contribution in [-0.4, -0.2) is 21.3 Å². The van der Waals surface area contributed by atoms with E-state index in [-0.39, 0.29) is 0 Å². The average molecular weight is 399 g/mol. The Labute approximate surface area is 138 Å². The van der Waals surface area contributed by atoms with Crippen LogP contribution in [0.2, 0.25) is 0 Å². The van der Waals surface area contributed by atoms with E-state index < -0.39 is 0 Å². The summed E-state index contributed by atoms with van der Waals surface area (Å²) >= 11 is 2.30. The molecule has 0 fully saturated rings. The highest BCUT2D eigenvalue weighted by molar-refractivity contribution is 14.1. The van der Waals surface area contributed by atoms with Crippen LogP contribution in [0.1, 0.15) is 5.56 Å². The third-order valence-electron chi connectivity index (χ3n) is 3.05. The van der Waals surface area contributed by atoms with E-state index in [0.717, 1.165) is 11.3 Å². The highest BCUT2D eigenvalue weighted by atomic mass is 127. The second-order valence-electron chi connectivity index (χ2n) is 4.40. The van der Waals surface area contributed by atoms with Crippen LogP contribution in [0, 0.1) is 3.57 Å². The molecule has 0 radical (unpaired) electrons. The summed E-state index contributed by atoms with van der Waals surface area (Å²) in [6.07, 6.45) is 0. The summed E-state index contributed by atoms with van der Waals surface area (Å²) in [5, 5.41) is 3.39. The van der Waals surface area contributed by atoms with Crippen molar-refractivity contribution in [2.45, 2.75) is 6.54 Å². The van der Waals surface area contributed by atoms with Crippen molar-refractivity contribution in [3.63, 3.8) is 0 Å². The van der Waals surface area contributed by atoms with Gasteiger partial charge in [-0.15, -0.1) is 0 Å². The van der Waals surface area contributed by atoms with Gasteiger partial charge in [0.1, 0.15) is 0 Å². The zero-order chi connectivity index (χ0) is 15.2. The lowest BCUT2D eigenvalue weighted by atomic mass is 10.1. The number of hydrogen-bond acceptors (Lipinski definition) is 4. The fourth-order valence-electron chi connectivity index (χ4n) is 2.04. The Balaban J connectivity index is 2.20. The van der Waals surface area contributed by atoms with Crippen molar-refractivity contribution in [2.24, 2.45) is 0 Å². The second-order valence-corrected chi connectivity index (χ2v) is 5.64. The number of halogens is 1. The number of benzene rings is 2. The Morgan fingerprint density at radius 3 is 2.14 bits per heavy atom. The predicted molar refractivity (Wildman–Crippen MR) is 92.6 cm³/mol. The zero-order valence-corrected chi connectivity index (χ0v) is 14.4. The lowest BCUT2D eigenvalue weighted by Crippen LogP contribution is -2.02. The average Bonchev–Trinajstić information content (AvgIpc) is 2.51. The minimum absolute atomic E-state index is 0.609. The van der Waals surface area contributed by atoms with Crippen molar-refractivity contribution in [1.82, 2.24) is 0 Å². The predicted octanol–water partition coefficient (Wildman–Crippen LogP) is 3.93. The van der Waals surface area contributed by atoms with Crippen LogP contribution in [0.3, 0.4) is 0 Å². The normalized spacial score (nSPS) is 10.1. The molecule has 2 aromatic rings. The van der Waals surface area contributed by atoms with E-state index in [1.54, 1.807) is 21.3 Å². The molecule has 0 amide bonds. The molecular formula is C16H18INO3. The Kier molecular flexibility index (Phi) is 5.55. The Bertz CT molecular complexity index is 591. The van der Waals surface area contributed by atoms with Crippen molar-refractivity contribution in [3.05, 3.63) is 45.5 Å². The van der Waals surface area contributed by atoms with Crippen LogP contribution in [-0.2, 0) is 6.54 Å². The fraction of sp³-hybridized carbons (Fsp3) is 0.250. The number of ether oxygens (including phenoxy) is 3. The zero-order valence-electron chi connectivity index (χ0n) is 12.3. The summed E-state index contributed by atoms with van der Waals surface area (Å²) in [4.78, 5) is 0. The maximum Gasteiger partial charge on any atom is 0.203 e. The molecule has 0 aliphatic carbocycles. The van der Waals surface area contributed by atoms with E-state index in [1.165, 1.54) is 3.57 Å². The molecule has 4 nitrogen and oxygen atoms in total. The van der Waals surface area contributed by atoms with Gasteiger partial charge >= 0.3 is 0 Å². The summed E-state index contributed by atoms with van der Waals surface area (Å²) in [5.41, 5.74) is 2.14. The van der Waals surface area contributed by atoms with Crippen LogP contribution >= 0.6 is 22.6 Å². The Morgan fingerprint density at radius 2 is 1.62 bits per heavy atom. The molecule has 0 unspecified atom stereocenters. The molecule has 0 spiro atoms. The fourth-order valence-corrected chi connectivity index (χ4v) is 2.58. The summed E-state index contributed by atoms with van der Waals surface area (Å²) < 4.78 is 17.2. The van der Waals surface area contributed by atoms with E-state index in [0.29, 0.717) is 23.8 Å².